The number of nitrogens with zero attached hydrogens (tertiary/aromatic N) is 1. The van der Waals surface area contributed by atoms with Crippen molar-refractivity contribution >= 4 is 12.0 Å². The smallest absolute Gasteiger partial charge is 0.315 e. The van der Waals surface area contributed by atoms with Gasteiger partial charge in [-0.2, -0.15) is 0 Å². The van der Waals surface area contributed by atoms with Crippen molar-refractivity contribution in [3.05, 3.63) is 0 Å². The number of nitrogens with one attached hydrogen (secondary N) is 2. The minimum atomic E-state index is -1.44. The monoisotopic (exact) mass is 301 g/mol. The zero-order chi connectivity index (χ0) is 15.9. The van der Waals surface area contributed by atoms with Crippen LogP contribution in [0.1, 0.15) is 39.5 Å². The number of likely N-dealkylation sites (tertiary alicyclic amines) is 1. The summed E-state index contributed by atoms with van der Waals surface area (Å²) in [5, 5.41) is 23.9. The topological polar surface area (TPSA) is 102 Å². The third kappa shape index (κ3) is 7.29. The second-order valence-electron chi connectivity index (χ2n) is 6.01. The highest BCUT2D eigenvalue weighted by molar-refractivity contribution is 5.74. The molecule has 1 aliphatic rings. The first-order valence-corrected chi connectivity index (χ1v) is 7.53. The quantitative estimate of drug-likeness (QED) is 0.545. The number of piperidine rings is 1. The molecule has 7 nitrogen and oxygen atoms in total. The van der Waals surface area contributed by atoms with Crippen LogP contribution in [-0.2, 0) is 4.79 Å². The summed E-state index contributed by atoms with van der Waals surface area (Å²) in [6.45, 7) is 6.52. The molecule has 0 radical (unpaired) electrons. The van der Waals surface area contributed by atoms with Crippen molar-refractivity contribution in [3.8, 4) is 0 Å². The maximum atomic E-state index is 11.8. The molecule has 7 heteroatoms. The highest BCUT2D eigenvalue weighted by atomic mass is 16.4. The van der Waals surface area contributed by atoms with Gasteiger partial charge in [0.15, 0.2) is 0 Å². The lowest BCUT2D eigenvalue weighted by Gasteiger charge is -2.32. The summed E-state index contributed by atoms with van der Waals surface area (Å²) in [5.41, 5.74) is -1.44. The predicted octanol–water partition coefficient (Wildman–Crippen LogP) is 0.386. The van der Waals surface area contributed by atoms with Crippen LogP contribution in [0.25, 0.3) is 0 Å². The van der Waals surface area contributed by atoms with Crippen molar-refractivity contribution in [3.63, 3.8) is 0 Å². The van der Waals surface area contributed by atoms with Crippen molar-refractivity contribution in [2.24, 2.45) is 0 Å². The number of rotatable bonds is 7. The normalized spacial score (nSPS) is 19.8. The van der Waals surface area contributed by atoms with Crippen LogP contribution in [-0.4, -0.2) is 64.9 Å². The molecule has 0 spiro atoms. The van der Waals surface area contributed by atoms with Gasteiger partial charge in [-0.15, -0.1) is 0 Å². The molecule has 1 atom stereocenters. The Kier molecular flexibility index (Phi) is 6.91. The summed E-state index contributed by atoms with van der Waals surface area (Å²) >= 11 is 0. The number of urea groups is 1. The van der Waals surface area contributed by atoms with Gasteiger partial charge in [-0.1, -0.05) is 6.92 Å². The Morgan fingerprint density at radius 2 is 1.95 bits per heavy atom. The SMILES string of the molecule is CCCN1CCC(NC(=O)NCC(C)(O)CC(=O)O)CC1. The number of amides is 2. The van der Waals surface area contributed by atoms with Gasteiger partial charge in [-0.25, -0.2) is 4.79 Å². The minimum absolute atomic E-state index is 0.0835. The molecule has 0 aromatic heterocycles. The first kappa shape index (κ1) is 17.7. The van der Waals surface area contributed by atoms with E-state index in [2.05, 4.69) is 22.5 Å². The summed E-state index contributed by atoms with van der Waals surface area (Å²) in [6, 6.07) is -0.211. The largest absolute Gasteiger partial charge is 0.481 e. The Morgan fingerprint density at radius 3 is 2.48 bits per heavy atom. The van der Waals surface area contributed by atoms with Gasteiger partial charge in [0.05, 0.1) is 12.0 Å². The molecular formula is C14H27N3O4. The maximum Gasteiger partial charge on any atom is 0.315 e. The van der Waals surface area contributed by atoms with Crippen LogP contribution in [0.15, 0.2) is 0 Å². The van der Waals surface area contributed by atoms with Crippen LogP contribution in [0.5, 0.6) is 0 Å². The zero-order valence-electron chi connectivity index (χ0n) is 12.9. The van der Waals surface area contributed by atoms with E-state index in [-0.39, 0.29) is 18.6 Å². The van der Waals surface area contributed by atoms with Gasteiger partial charge in [0.25, 0.3) is 0 Å². The van der Waals surface area contributed by atoms with E-state index in [1.807, 2.05) is 0 Å². The molecule has 0 aliphatic carbocycles. The summed E-state index contributed by atoms with van der Waals surface area (Å²) < 4.78 is 0. The number of carboxylic acids is 1. The molecule has 1 fully saturated rings. The summed E-state index contributed by atoms with van der Waals surface area (Å²) in [5.74, 6) is -1.09. The number of hydrogen-bond donors (Lipinski definition) is 4. The van der Waals surface area contributed by atoms with E-state index in [4.69, 9.17) is 5.11 Å². The highest BCUT2D eigenvalue weighted by Crippen LogP contribution is 2.11. The predicted molar refractivity (Wildman–Crippen MR) is 79.2 cm³/mol. The number of carbonyl (C=O) groups is 2. The summed E-state index contributed by atoms with van der Waals surface area (Å²) in [4.78, 5) is 24.7. The van der Waals surface area contributed by atoms with Crippen LogP contribution in [0.4, 0.5) is 4.79 Å². The molecule has 1 saturated heterocycles. The number of aliphatic hydroxyl groups is 1. The van der Waals surface area contributed by atoms with E-state index >= 15 is 0 Å². The first-order chi connectivity index (χ1) is 9.82. The molecule has 2 amide bonds. The number of carbonyl (C=O) groups excluding carboxylic acids is 1. The Morgan fingerprint density at radius 1 is 1.33 bits per heavy atom. The van der Waals surface area contributed by atoms with Crippen LogP contribution < -0.4 is 10.6 Å². The minimum Gasteiger partial charge on any atom is -0.481 e. The van der Waals surface area contributed by atoms with Gasteiger partial charge in [-0.05, 0) is 32.7 Å². The molecule has 4 N–H and O–H groups in total. The van der Waals surface area contributed by atoms with Crippen molar-refractivity contribution in [1.82, 2.24) is 15.5 Å². The van der Waals surface area contributed by atoms with E-state index in [9.17, 15) is 14.7 Å². The number of hydrogen-bond acceptors (Lipinski definition) is 4. The zero-order valence-corrected chi connectivity index (χ0v) is 12.9. The second kappa shape index (κ2) is 8.19. The average Bonchev–Trinajstić information content (AvgIpc) is 2.38. The molecule has 1 unspecified atom stereocenters. The molecule has 1 aliphatic heterocycles. The molecule has 1 heterocycles. The van der Waals surface area contributed by atoms with Gasteiger partial charge >= 0.3 is 12.0 Å². The molecular weight excluding hydrogens is 274 g/mol. The van der Waals surface area contributed by atoms with Crippen LogP contribution in [0.3, 0.4) is 0 Å². The highest BCUT2D eigenvalue weighted by Gasteiger charge is 2.26. The lowest BCUT2D eigenvalue weighted by atomic mass is 10.0. The molecule has 0 saturated carbocycles. The van der Waals surface area contributed by atoms with Crippen molar-refractivity contribution in [1.29, 1.82) is 0 Å². The summed E-state index contributed by atoms with van der Waals surface area (Å²) in [7, 11) is 0. The second-order valence-corrected chi connectivity index (χ2v) is 6.01. The molecule has 0 bridgehead atoms. The van der Waals surface area contributed by atoms with E-state index < -0.39 is 18.0 Å². The third-order valence-electron chi connectivity index (χ3n) is 3.62. The van der Waals surface area contributed by atoms with Gasteiger partial charge in [0.2, 0.25) is 0 Å². The van der Waals surface area contributed by atoms with Gasteiger partial charge in [0.1, 0.15) is 0 Å². The Hall–Kier alpha value is -1.34. The Labute approximate surface area is 125 Å². The first-order valence-electron chi connectivity index (χ1n) is 7.53. The summed E-state index contributed by atoms with van der Waals surface area (Å²) in [6.07, 6.45) is 2.57. The van der Waals surface area contributed by atoms with E-state index in [1.54, 1.807) is 0 Å². The standard InChI is InChI=1S/C14H27N3O4/c1-3-6-17-7-4-11(5-8-17)16-13(20)15-10-14(2,21)9-12(18)19/h11,21H,3-10H2,1-2H3,(H,18,19)(H2,15,16,20). The number of carboxylic acid groups (broad SMARTS) is 1. The van der Waals surface area contributed by atoms with E-state index in [1.165, 1.54) is 6.92 Å². The third-order valence-corrected chi connectivity index (χ3v) is 3.62. The molecule has 122 valence electrons. The molecule has 21 heavy (non-hydrogen) atoms. The lowest BCUT2D eigenvalue weighted by molar-refractivity contribution is -0.141. The lowest BCUT2D eigenvalue weighted by Crippen LogP contribution is -2.51. The van der Waals surface area contributed by atoms with E-state index in [0.29, 0.717) is 0 Å². The molecule has 0 aromatic rings. The Bertz CT molecular complexity index is 352. The van der Waals surface area contributed by atoms with Crippen LogP contribution in [0, 0.1) is 0 Å². The molecule has 1 rings (SSSR count). The fourth-order valence-electron chi connectivity index (χ4n) is 2.51. The van der Waals surface area contributed by atoms with Gasteiger partial charge in [-0.3, -0.25) is 4.79 Å². The van der Waals surface area contributed by atoms with Gasteiger partial charge < -0.3 is 25.7 Å². The van der Waals surface area contributed by atoms with Crippen LogP contribution in [0.2, 0.25) is 0 Å². The average molecular weight is 301 g/mol. The fourth-order valence-corrected chi connectivity index (χ4v) is 2.51. The van der Waals surface area contributed by atoms with E-state index in [0.717, 1.165) is 38.9 Å². The maximum absolute atomic E-state index is 11.8. The molecule has 0 aromatic carbocycles. The Balaban J connectivity index is 2.24. The van der Waals surface area contributed by atoms with Crippen molar-refractivity contribution in [2.75, 3.05) is 26.2 Å². The van der Waals surface area contributed by atoms with Crippen molar-refractivity contribution < 1.29 is 19.8 Å². The van der Waals surface area contributed by atoms with Crippen LogP contribution >= 0.6 is 0 Å². The fraction of sp³-hybridized carbons (Fsp3) is 0.857. The van der Waals surface area contributed by atoms with Crippen molar-refractivity contribution in [2.45, 2.75) is 51.2 Å². The number of aliphatic carboxylic acids is 1. The van der Waals surface area contributed by atoms with Gasteiger partial charge in [0, 0.05) is 25.7 Å².